The lowest BCUT2D eigenvalue weighted by Gasteiger charge is -2.13. The van der Waals surface area contributed by atoms with E-state index >= 15 is 0 Å². The number of amides is 2. The summed E-state index contributed by atoms with van der Waals surface area (Å²) in [4.78, 5) is 36.2. The van der Waals surface area contributed by atoms with E-state index in [2.05, 4.69) is 15.8 Å². The van der Waals surface area contributed by atoms with E-state index in [-0.39, 0.29) is 12.3 Å². The van der Waals surface area contributed by atoms with Crippen LogP contribution in [-0.4, -0.2) is 39.8 Å². The number of fused-ring (bicyclic) bond motifs is 1. The average Bonchev–Trinajstić information content (AvgIpc) is 2.96. The van der Waals surface area contributed by atoms with Gasteiger partial charge in [-0.15, -0.1) is 0 Å². The Hall–Kier alpha value is -3.88. The van der Waals surface area contributed by atoms with E-state index in [0.717, 1.165) is 22.2 Å². The van der Waals surface area contributed by atoms with Crippen molar-refractivity contribution in [3.05, 3.63) is 64.1 Å². The van der Waals surface area contributed by atoms with Gasteiger partial charge in [-0.3, -0.25) is 18.7 Å². The molecule has 0 bridgehead atoms. The number of carbonyl (C=O) groups is 2. The van der Waals surface area contributed by atoms with Gasteiger partial charge in [-0.1, -0.05) is 24.3 Å². The van der Waals surface area contributed by atoms with Crippen LogP contribution in [0.5, 0.6) is 5.75 Å². The summed E-state index contributed by atoms with van der Waals surface area (Å²) in [7, 11) is 3.40. The Morgan fingerprint density at radius 2 is 1.84 bits per heavy atom. The number of benzene rings is 2. The molecule has 3 rings (SSSR count). The molecule has 1 atom stereocenters. The highest BCUT2D eigenvalue weighted by atomic mass is 16.5. The van der Waals surface area contributed by atoms with Crippen molar-refractivity contribution < 1.29 is 14.3 Å². The number of carbonyl (C=O) groups excluding carboxylic acids is 2. The predicted octanol–water partition coefficient (Wildman–Crippen LogP) is 1.22. The molecule has 0 spiro atoms. The first-order valence-electron chi connectivity index (χ1n) is 9.74. The highest BCUT2D eigenvalue weighted by Crippen LogP contribution is 2.15. The van der Waals surface area contributed by atoms with E-state index in [1.54, 1.807) is 48.4 Å². The van der Waals surface area contributed by atoms with E-state index in [0.29, 0.717) is 5.75 Å². The standard InChI is InChI=1S/C22H25N5O4/c1-14-7-5-6-8-19(14)31-13-20(28)24-15(2)21(29)25-23-12-16-9-10-17-18(11-16)27(4)22(30)26(17)3/h5-12,15H,13H2,1-4H3,(H,24,28)(H,25,29). The zero-order valence-corrected chi connectivity index (χ0v) is 17.9. The van der Waals surface area contributed by atoms with E-state index in [4.69, 9.17) is 4.74 Å². The number of rotatable bonds is 7. The predicted molar refractivity (Wildman–Crippen MR) is 118 cm³/mol. The molecule has 0 aliphatic carbocycles. The van der Waals surface area contributed by atoms with Gasteiger partial charge < -0.3 is 10.1 Å². The van der Waals surface area contributed by atoms with Crippen LogP contribution in [-0.2, 0) is 23.7 Å². The largest absolute Gasteiger partial charge is 0.484 e. The number of imidazole rings is 1. The van der Waals surface area contributed by atoms with Crippen molar-refractivity contribution in [2.24, 2.45) is 19.2 Å². The molecule has 162 valence electrons. The Balaban J connectivity index is 1.52. The average molecular weight is 423 g/mol. The third-order valence-corrected chi connectivity index (χ3v) is 4.91. The minimum absolute atomic E-state index is 0.117. The van der Waals surface area contributed by atoms with E-state index in [1.165, 1.54) is 6.21 Å². The topological polar surface area (TPSA) is 107 Å². The molecule has 0 fully saturated rings. The van der Waals surface area contributed by atoms with Crippen molar-refractivity contribution in [1.82, 2.24) is 19.9 Å². The monoisotopic (exact) mass is 423 g/mol. The Kier molecular flexibility index (Phi) is 6.54. The first kappa shape index (κ1) is 21.8. The van der Waals surface area contributed by atoms with Crippen LogP contribution >= 0.6 is 0 Å². The fourth-order valence-corrected chi connectivity index (χ4v) is 3.08. The molecule has 2 N–H and O–H groups in total. The maximum absolute atomic E-state index is 12.2. The third-order valence-electron chi connectivity index (χ3n) is 4.91. The molecule has 0 radical (unpaired) electrons. The lowest BCUT2D eigenvalue weighted by Crippen LogP contribution is -2.45. The number of hydrogen-bond donors (Lipinski definition) is 2. The summed E-state index contributed by atoms with van der Waals surface area (Å²) in [5, 5.41) is 6.51. The minimum Gasteiger partial charge on any atom is -0.484 e. The van der Waals surface area contributed by atoms with Crippen LogP contribution in [0.1, 0.15) is 18.1 Å². The number of hydrazone groups is 1. The van der Waals surface area contributed by atoms with Crippen LogP contribution in [0.2, 0.25) is 0 Å². The third kappa shape index (κ3) is 5.00. The van der Waals surface area contributed by atoms with Crippen LogP contribution < -0.4 is 21.2 Å². The summed E-state index contributed by atoms with van der Waals surface area (Å²) in [6.45, 7) is 3.25. The van der Waals surface area contributed by atoms with Crippen LogP contribution in [0.3, 0.4) is 0 Å². The Morgan fingerprint density at radius 3 is 2.58 bits per heavy atom. The fraction of sp³-hybridized carbons (Fsp3) is 0.273. The zero-order chi connectivity index (χ0) is 22.5. The first-order chi connectivity index (χ1) is 14.8. The Morgan fingerprint density at radius 1 is 1.13 bits per heavy atom. The molecule has 0 saturated heterocycles. The molecule has 2 aromatic carbocycles. The normalized spacial score (nSPS) is 12.1. The molecule has 1 aromatic heterocycles. The van der Waals surface area contributed by atoms with Crippen molar-refractivity contribution in [2.45, 2.75) is 19.9 Å². The van der Waals surface area contributed by atoms with Crippen molar-refractivity contribution in [3.8, 4) is 5.75 Å². The molecule has 0 aliphatic heterocycles. The van der Waals surface area contributed by atoms with Crippen LogP contribution in [0.15, 0.2) is 52.4 Å². The lowest BCUT2D eigenvalue weighted by molar-refractivity contribution is -0.129. The minimum atomic E-state index is -0.789. The van der Waals surface area contributed by atoms with Crippen molar-refractivity contribution in [3.63, 3.8) is 0 Å². The van der Waals surface area contributed by atoms with Gasteiger partial charge >= 0.3 is 5.69 Å². The number of hydrogen-bond acceptors (Lipinski definition) is 5. The number of aryl methyl sites for hydroxylation is 3. The van der Waals surface area contributed by atoms with Gasteiger partial charge in [0, 0.05) is 14.1 Å². The number of nitrogens with one attached hydrogen (secondary N) is 2. The van der Waals surface area contributed by atoms with Crippen LogP contribution in [0.4, 0.5) is 0 Å². The maximum Gasteiger partial charge on any atom is 0.328 e. The van der Waals surface area contributed by atoms with Gasteiger partial charge in [-0.25, -0.2) is 10.2 Å². The van der Waals surface area contributed by atoms with Crippen LogP contribution in [0, 0.1) is 6.92 Å². The maximum atomic E-state index is 12.2. The molecule has 3 aromatic rings. The molecule has 31 heavy (non-hydrogen) atoms. The van der Waals surface area contributed by atoms with Gasteiger partial charge in [0.05, 0.1) is 17.2 Å². The molecule has 1 heterocycles. The number of nitrogens with zero attached hydrogens (tertiary/aromatic N) is 3. The van der Waals surface area contributed by atoms with E-state index in [1.807, 2.05) is 31.2 Å². The Labute approximate surface area is 179 Å². The quantitative estimate of drug-likeness (QED) is 0.440. The SMILES string of the molecule is Cc1ccccc1OCC(=O)NC(C)C(=O)NN=Cc1ccc2c(c1)n(C)c(=O)n2C. The molecular formula is C22H25N5O4. The van der Waals surface area contributed by atoms with Gasteiger partial charge in [-0.05, 0) is 43.2 Å². The summed E-state index contributed by atoms with van der Waals surface area (Å²) < 4.78 is 8.58. The van der Waals surface area contributed by atoms with Crippen molar-refractivity contribution >= 4 is 29.1 Å². The second-order valence-corrected chi connectivity index (χ2v) is 7.23. The highest BCUT2D eigenvalue weighted by molar-refractivity contribution is 5.90. The summed E-state index contributed by atoms with van der Waals surface area (Å²) >= 11 is 0. The van der Waals surface area contributed by atoms with Gasteiger partial charge in [0.15, 0.2) is 6.61 Å². The van der Waals surface area contributed by atoms with E-state index in [9.17, 15) is 14.4 Å². The van der Waals surface area contributed by atoms with E-state index < -0.39 is 17.9 Å². The van der Waals surface area contributed by atoms with Gasteiger partial charge in [0.25, 0.3) is 11.8 Å². The molecular weight excluding hydrogens is 398 g/mol. The van der Waals surface area contributed by atoms with Crippen molar-refractivity contribution in [2.75, 3.05) is 6.61 Å². The van der Waals surface area contributed by atoms with Gasteiger partial charge in [0.1, 0.15) is 11.8 Å². The number of ether oxygens (including phenoxy) is 1. The summed E-state index contributed by atoms with van der Waals surface area (Å²) in [6, 6.07) is 12.0. The summed E-state index contributed by atoms with van der Waals surface area (Å²) in [5.41, 5.74) is 5.49. The second-order valence-electron chi connectivity index (χ2n) is 7.23. The highest BCUT2D eigenvalue weighted by Gasteiger charge is 2.15. The number of aromatic nitrogens is 2. The number of para-hydroxylation sites is 1. The first-order valence-corrected chi connectivity index (χ1v) is 9.74. The molecule has 0 saturated carbocycles. The Bertz CT molecular complexity index is 1210. The molecule has 2 amide bonds. The fourth-order valence-electron chi connectivity index (χ4n) is 3.08. The smallest absolute Gasteiger partial charge is 0.328 e. The molecule has 9 heteroatoms. The molecule has 9 nitrogen and oxygen atoms in total. The molecule has 1 unspecified atom stereocenters. The van der Waals surface area contributed by atoms with Crippen molar-refractivity contribution in [1.29, 1.82) is 0 Å². The summed E-state index contributed by atoms with van der Waals surface area (Å²) in [6.07, 6.45) is 1.48. The van der Waals surface area contributed by atoms with Gasteiger partial charge in [0.2, 0.25) is 0 Å². The second kappa shape index (κ2) is 9.29. The lowest BCUT2D eigenvalue weighted by atomic mass is 10.2. The van der Waals surface area contributed by atoms with Crippen LogP contribution in [0.25, 0.3) is 11.0 Å². The molecule has 0 aliphatic rings. The summed E-state index contributed by atoms with van der Waals surface area (Å²) in [5.74, 6) is -0.258. The zero-order valence-electron chi connectivity index (χ0n) is 17.9. The van der Waals surface area contributed by atoms with Gasteiger partial charge in [-0.2, -0.15) is 5.10 Å².